The van der Waals surface area contributed by atoms with E-state index in [1.54, 1.807) is 11.6 Å². The summed E-state index contributed by atoms with van der Waals surface area (Å²) in [6.07, 6.45) is 3.34. The topological polar surface area (TPSA) is 101 Å². The lowest BCUT2D eigenvalue weighted by Gasteiger charge is -2.07. The third kappa shape index (κ3) is 3.10. The number of nitrogens with zero attached hydrogens (tertiary/aromatic N) is 3. The summed E-state index contributed by atoms with van der Waals surface area (Å²) in [6, 6.07) is 7.62. The van der Waals surface area contributed by atoms with E-state index in [0.29, 0.717) is 31.3 Å². The van der Waals surface area contributed by atoms with Gasteiger partial charge in [0.25, 0.3) is 0 Å². The number of ether oxygens (including phenoxy) is 2. The Labute approximate surface area is 133 Å². The molecule has 0 aliphatic rings. The minimum Gasteiger partial charge on any atom is -0.399 e. The lowest BCUT2D eigenvalue weighted by molar-refractivity contribution is 0.0618. The lowest BCUT2D eigenvalue weighted by atomic mass is 10.0. The van der Waals surface area contributed by atoms with Crippen molar-refractivity contribution in [2.24, 2.45) is 0 Å². The SMILES string of the molecule is COCCOCc1cn2ncnc(N)c2c1-c1ccc(N)cc1. The number of rotatable bonds is 6. The molecule has 0 radical (unpaired) electrons. The average Bonchev–Trinajstić information content (AvgIpc) is 2.92. The van der Waals surface area contributed by atoms with Crippen LogP contribution < -0.4 is 11.5 Å². The maximum atomic E-state index is 6.06. The van der Waals surface area contributed by atoms with Crippen LogP contribution in [0.3, 0.4) is 0 Å². The first kappa shape index (κ1) is 15.3. The number of hydrogen-bond donors (Lipinski definition) is 2. The predicted molar refractivity (Wildman–Crippen MR) is 88.8 cm³/mol. The molecule has 0 bridgehead atoms. The van der Waals surface area contributed by atoms with Crippen LogP contribution in [0.5, 0.6) is 0 Å². The Kier molecular flexibility index (Phi) is 4.40. The van der Waals surface area contributed by atoms with Crippen molar-refractivity contribution in [3.63, 3.8) is 0 Å². The van der Waals surface area contributed by atoms with Gasteiger partial charge in [0.15, 0.2) is 5.82 Å². The molecule has 0 atom stereocenters. The van der Waals surface area contributed by atoms with Crippen molar-refractivity contribution < 1.29 is 9.47 Å². The van der Waals surface area contributed by atoms with Crippen molar-refractivity contribution in [1.82, 2.24) is 14.6 Å². The predicted octanol–water partition coefficient (Wildman–Crippen LogP) is 1.72. The number of hydrogen-bond acceptors (Lipinski definition) is 6. The van der Waals surface area contributed by atoms with E-state index in [9.17, 15) is 0 Å². The van der Waals surface area contributed by atoms with E-state index in [1.807, 2.05) is 30.5 Å². The molecule has 3 aromatic rings. The zero-order chi connectivity index (χ0) is 16.2. The minimum absolute atomic E-state index is 0.426. The second-order valence-electron chi connectivity index (χ2n) is 5.14. The van der Waals surface area contributed by atoms with Crippen LogP contribution in [-0.4, -0.2) is 34.9 Å². The maximum absolute atomic E-state index is 6.06. The first-order chi connectivity index (χ1) is 11.2. The Hall–Kier alpha value is -2.64. The molecule has 7 heteroatoms. The third-order valence-electron chi connectivity index (χ3n) is 3.57. The molecule has 0 unspecified atom stereocenters. The Morgan fingerprint density at radius 2 is 1.91 bits per heavy atom. The summed E-state index contributed by atoms with van der Waals surface area (Å²) >= 11 is 0. The molecule has 0 saturated carbocycles. The fourth-order valence-corrected chi connectivity index (χ4v) is 2.49. The fourth-order valence-electron chi connectivity index (χ4n) is 2.49. The second-order valence-corrected chi connectivity index (χ2v) is 5.14. The molecule has 0 fully saturated rings. The molecule has 7 nitrogen and oxygen atoms in total. The Morgan fingerprint density at radius 1 is 1.13 bits per heavy atom. The molecule has 2 aromatic heterocycles. The van der Waals surface area contributed by atoms with Gasteiger partial charge in [0, 0.05) is 30.1 Å². The number of methoxy groups -OCH3 is 1. The van der Waals surface area contributed by atoms with Crippen LogP contribution in [0.1, 0.15) is 5.56 Å². The molecule has 4 N–H and O–H groups in total. The molecule has 2 heterocycles. The van der Waals surface area contributed by atoms with Crippen molar-refractivity contribution in [2.45, 2.75) is 6.61 Å². The summed E-state index contributed by atoms with van der Waals surface area (Å²) in [5.74, 6) is 0.426. The van der Waals surface area contributed by atoms with Gasteiger partial charge in [-0.25, -0.2) is 9.50 Å². The first-order valence-electron chi connectivity index (χ1n) is 7.24. The third-order valence-corrected chi connectivity index (χ3v) is 3.57. The Balaban J connectivity index is 2.06. The zero-order valence-corrected chi connectivity index (χ0v) is 12.9. The Bertz CT molecular complexity index is 798. The van der Waals surface area contributed by atoms with E-state index >= 15 is 0 Å². The molecule has 120 valence electrons. The second kappa shape index (κ2) is 6.64. The Morgan fingerprint density at radius 3 is 2.65 bits per heavy atom. The summed E-state index contributed by atoms with van der Waals surface area (Å²) < 4.78 is 12.4. The van der Waals surface area contributed by atoms with Gasteiger partial charge in [-0.2, -0.15) is 5.10 Å². The highest BCUT2D eigenvalue weighted by molar-refractivity contribution is 5.90. The summed E-state index contributed by atoms with van der Waals surface area (Å²) in [5.41, 5.74) is 16.2. The zero-order valence-electron chi connectivity index (χ0n) is 12.9. The van der Waals surface area contributed by atoms with E-state index in [-0.39, 0.29) is 0 Å². The van der Waals surface area contributed by atoms with Gasteiger partial charge < -0.3 is 20.9 Å². The maximum Gasteiger partial charge on any atom is 0.151 e. The fraction of sp³-hybridized carbons (Fsp3) is 0.250. The van der Waals surface area contributed by atoms with E-state index in [1.165, 1.54) is 6.33 Å². The molecule has 0 saturated heterocycles. The van der Waals surface area contributed by atoms with Crippen molar-refractivity contribution in [3.8, 4) is 11.1 Å². The molecule has 1 aromatic carbocycles. The summed E-state index contributed by atoms with van der Waals surface area (Å²) in [6.45, 7) is 1.50. The van der Waals surface area contributed by atoms with Gasteiger partial charge in [0.05, 0.1) is 19.8 Å². The van der Waals surface area contributed by atoms with Crippen molar-refractivity contribution >= 4 is 17.0 Å². The molecular formula is C16H19N5O2. The molecule has 0 spiro atoms. The number of nitrogens with two attached hydrogens (primary N) is 2. The van der Waals surface area contributed by atoms with Crippen LogP contribution >= 0.6 is 0 Å². The highest BCUT2D eigenvalue weighted by atomic mass is 16.5. The lowest BCUT2D eigenvalue weighted by Crippen LogP contribution is -2.02. The quantitative estimate of drug-likeness (QED) is 0.531. The van der Waals surface area contributed by atoms with Gasteiger partial charge in [-0.05, 0) is 17.7 Å². The molecule has 0 aliphatic heterocycles. The highest BCUT2D eigenvalue weighted by Gasteiger charge is 2.16. The van der Waals surface area contributed by atoms with Gasteiger partial charge >= 0.3 is 0 Å². The van der Waals surface area contributed by atoms with Crippen molar-refractivity contribution in [1.29, 1.82) is 0 Å². The minimum atomic E-state index is 0.426. The normalized spacial score (nSPS) is 11.2. The van der Waals surface area contributed by atoms with Gasteiger partial charge in [-0.15, -0.1) is 0 Å². The first-order valence-corrected chi connectivity index (χ1v) is 7.24. The largest absolute Gasteiger partial charge is 0.399 e. The van der Waals surface area contributed by atoms with Crippen LogP contribution in [0.25, 0.3) is 16.6 Å². The number of aromatic nitrogens is 3. The monoisotopic (exact) mass is 313 g/mol. The molecule has 3 rings (SSSR count). The number of benzene rings is 1. The van der Waals surface area contributed by atoms with Crippen LogP contribution in [0, 0.1) is 0 Å². The molecular weight excluding hydrogens is 294 g/mol. The van der Waals surface area contributed by atoms with Crippen LogP contribution in [0.15, 0.2) is 36.8 Å². The number of fused-ring (bicyclic) bond motifs is 1. The molecule has 0 amide bonds. The van der Waals surface area contributed by atoms with Gasteiger partial charge in [-0.3, -0.25) is 0 Å². The van der Waals surface area contributed by atoms with Gasteiger partial charge in [-0.1, -0.05) is 12.1 Å². The van der Waals surface area contributed by atoms with Crippen LogP contribution in [0.4, 0.5) is 11.5 Å². The van der Waals surface area contributed by atoms with E-state index in [0.717, 1.165) is 22.2 Å². The summed E-state index contributed by atoms with van der Waals surface area (Å²) in [4.78, 5) is 4.09. The standard InChI is InChI=1S/C16H19N5O2/c1-22-6-7-23-9-12-8-21-15(16(18)19-10-20-21)14(12)11-2-4-13(17)5-3-11/h2-5,8,10H,6-7,9,17H2,1H3,(H2,18,19,20). The molecule has 0 aliphatic carbocycles. The summed E-state index contributed by atoms with van der Waals surface area (Å²) in [5, 5.41) is 4.23. The average molecular weight is 313 g/mol. The molecule has 23 heavy (non-hydrogen) atoms. The smallest absolute Gasteiger partial charge is 0.151 e. The number of nitrogen functional groups attached to an aromatic ring is 2. The van der Waals surface area contributed by atoms with Crippen molar-refractivity contribution in [3.05, 3.63) is 42.4 Å². The van der Waals surface area contributed by atoms with E-state index < -0.39 is 0 Å². The number of anilines is 2. The van der Waals surface area contributed by atoms with Crippen LogP contribution in [0.2, 0.25) is 0 Å². The van der Waals surface area contributed by atoms with Gasteiger partial charge in [0.1, 0.15) is 11.8 Å². The van der Waals surface area contributed by atoms with Gasteiger partial charge in [0.2, 0.25) is 0 Å². The van der Waals surface area contributed by atoms with E-state index in [2.05, 4.69) is 10.1 Å². The summed E-state index contributed by atoms with van der Waals surface area (Å²) in [7, 11) is 1.64. The van der Waals surface area contributed by atoms with E-state index in [4.69, 9.17) is 20.9 Å². The van der Waals surface area contributed by atoms with Crippen LogP contribution in [-0.2, 0) is 16.1 Å². The highest BCUT2D eigenvalue weighted by Crippen LogP contribution is 2.33. The van der Waals surface area contributed by atoms with Crippen molar-refractivity contribution in [2.75, 3.05) is 31.8 Å².